The molecule has 0 rings (SSSR count). The van der Waals surface area contributed by atoms with Gasteiger partial charge in [-0.2, -0.15) is 0 Å². The van der Waals surface area contributed by atoms with Crippen molar-refractivity contribution in [1.82, 2.24) is 5.32 Å². The number of carbonyl (C=O) groups excluding carboxylic acids is 1. The fraction of sp³-hybridized carbons (Fsp3) is 0.878. The van der Waals surface area contributed by atoms with Crippen molar-refractivity contribution in [2.75, 3.05) is 6.61 Å². The fourth-order valence-electron chi connectivity index (χ4n) is 6.08. The molecule has 0 aliphatic heterocycles. The van der Waals surface area contributed by atoms with Crippen LogP contribution in [0.5, 0.6) is 0 Å². The van der Waals surface area contributed by atoms with Gasteiger partial charge in [0, 0.05) is 0 Å². The lowest BCUT2D eigenvalue weighted by Gasteiger charge is -2.21. The van der Waals surface area contributed by atoms with Crippen LogP contribution in [0.15, 0.2) is 24.3 Å². The van der Waals surface area contributed by atoms with Gasteiger partial charge in [-0.3, -0.25) is 4.79 Å². The summed E-state index contributed by atoms with van der Waals surface area (Å²) in [5.74, 6) is -0.512. The molecule has 46 heavy (non-hydrogen) atoms. The van der Waals surface area contributed by atoms with E-state index in [4.69, 9.17) is 0 Å². The molecular formula is C41H79NO4. The van der Waals surface area contributed by atoms with E-state index in [1.807, 2.05) is 6.08 Å². The lowest BCUT2D eigenvalue weighted by atomic mass is 10.0. The van der Waals surface area contributed by atoms with Crippen LogP contribution >= 0.6 is 0 Å². The van der Waals surface area contributed by atoms with Crippen LogP contribution < -0.4 is 5.32 Å². The number of rotatable bonds is 36. The summed E-state index contributed by atoms with van der Waals surface area (Å²) in [6.07, 6.45) is 43.5. The Morgan fingerprint density at radius 2 is 0.891 bits per heavy atom. The minimum atomic E-state index is -1.10. The third-order valence-corrected chi connectivity index (χ3v) is 9.29. The summed E-state index contributed by atoms with van der Waals surface area (Å²) in [5.41, 5.74) is 0. The van der Waals surface area contributed by atoms with E-state index in [1.54, 1.807) is 6.08 Å². The van der Waals surface area contributed by atoms with Crippen molar-refractivity contribution in [2.24, 2.45) is 0 Å². The molecule has 3 atom stereocenters. The number of allylic oxidation sites excluding steroid dienone is 3. The van der Waals surface area contributed by atoms with Gasteiger partial charge in [-0.25, -0.2) is 0 Å². The van der Waals surface area contributed by atoms with Gasteiger partial charge in [0.25, 0.3) is 0 Å². The van der Waals surface area contributed by atoms with Crippen LogP contribution in [-0.2, 0) is 4.79 Å². The minimum absolute atomic E-state index is 0.374. The zero-order valence-corrected chi connectivity index (χ0v) is 30.7. The largest absolute Gasteiger partial charge is 0.394 e. The van der Waals surface area contributed by atoms with E-state index in [0.29, 0.717) is 6.42 Å². The smallest absolute Gasteiger partial charge is 0.249 e. The molecule has 5 heteroatoms. The Kier molecular flexibility index (Phi) is 35.7. The van der Waals surface area contributed by atoms with E-state index in [-0.39, 0.29) is 6.61 Å². The summed E-state index contributed by atoms with van der Waals surface area (Å²) in [7, 11) is 0. The zero-order chi connectivity index (χ0) is 33.8. The van der Waals surface area contributed by atoms with Crippen LogP contribution in [0.2, 0.25) is 0 Å². The maximum Gasteiger partial charge on any atom is 0.249 e. The van der Waals surface area contributed by atoms with E-state index >= 15 is 0 Å². The Hall–Kier alpha value is -1.17. The fourth-order valence-corrected chi connectivity index (χ4v) is 6.08. The molecule has 0 aliphatic carbocycles. The minimum Gasteiger partial charge on any atom is -0.394 e. The molecule has 4 N–H and O–H groups in total. The molecule has 0 radical (unpaired) electrons. The molecule has 0 heterocycles. The van der Waals surface area contributed by atoms with Crippen LogP contribution in [0.25, 0.3) is 0 Å². The van der Waals surface area contributed by atoms with Crippen LogP contribution in [0.3, 0.4) is 0 Å². The maximum absolute atomic E-state index is 12.4. The van der Waals surface area contributed by atoms with Crippen molar-refractivity contribution in [1.29, 1.82) is 0 Å². The zero-order valence-electron chi connectivity index (χ0n) is 30.7. The van der Waals surface area contributed by atoms with Gasteiger partial charge < -0.3 is 20.6 Å². The van der Waals surface area contributed by atoms with E-state index in [9.17, 15) is 20.1 Å². The summed E-state index contributed by atoms with van der Waals surface area (Å²) in [6, 6.07) is -0.809. The first kappa shape index (κ1) is 44.8. The number of aliphatic hydroxyl groups excluding tert-OH is 3. The Morgan fingerprint density at radius 1 is 0.522 bits per heavy atom. The quantitative estimate of drug-likeness (QED) is 0.0401. The molecule has 5 nitrogen and oxygen atoms in total. The predicted octanol–water partition coefficient (Wildman–Crippen LogP) is 11.0. The van der Waals surface area contributed by atoms with Gasteiger partial charge in [0.15, 0.2) is 0 Å². The number of hydrogen-bond acceptors (Lipinski definition) is 4. The first-order valence-corrected chi connectivity index (χ1v) is 20.2. The molecule has 272 valence electrons. The third kappa shape index (κ3) is 31.4. The highest BCUT2D eigenvalue weighted by Crippen LogP contribution is 2.15. The van der Waals surface area contributed by atoms with Gasteiger partial charge in [0.2, 0.25) is 5.91 Å². The van der Waals surface area contributed by atoms with Gasteiger partial charge in [0.05, 0.1) is 18.8 Å². The first-order valence-electron chi connectivity index (χ1n) is 20.2. The first-order chi connectivity index (χ1) is 22.6. The molecule has 3 unspecified atom stereocenters. The number of carbonyl (C=O) groups is 1. The van der Waals surface area contributed by atoms with Crippen LogP contribution in [0.1, 0.15) is 206 Å². The van der Waals surface area contributed by atoms with Crippen molar-refractivity contribution < 1.29 is 20.1 Å². The molecule has 0 bridgehead atoms. The van der Waals surface area contributed by atoms with Crippen molar-refractivity contribution in [2.45, 2.75) is 225 Å². The second-order valence-corrected chi connectivity index (χ2v) is 13.8. The number of aliphatic hydroxyl groups is 3. The summed E-state index contributed by atoms with van der Waals surface area (Å²) < 4.78 is 0. The summed E-state index contributed by atoms with van der Waals surface area (Å²) in [4.78, 5) is 12.4. The molecule has 0 saturated heterocycles. The second kappa shape index (κ2) is 36.7. The molecule has 0 aromatic carbocycles. The number of nitrogens with one attached hydrogen (secondary N) is 1. The van der Waals surface area contributed by atoms with Crippen molar-refractivity contribution >= 4 is 5.91 Å². The van der Waals surface area contributed by atoms with Gasteiger partial charge in [0.1, 0.15) is 6.10 Å². The van der Waals surface area contributed by atoms with E-state index in [0.717, 1.165) is 38.5 Å². The van der Waals surface area contributed by atoms with Crippen LogP contribution in [-0.4, -0.2) is 46.1 Å². The molecule has 0 spiro atoms. The molecular weight excluding hydrogens is 570 g/mol. The van der Waals surface area contributed by atoms with Crippen LogP contribution in [0.4, 0.5) is 0 Å². The lowest BCUT2D eigenvalue weighted by Crippen LogP contribution is -2.48. The van der Waals surface area contributed by atoms with Gasteiger partial charge in [-0.1, -0.05) is 199 Å². The SMILES string of the molecule is CCCCCCCC/C=C/CC/C=C/C(O)C(CO)NC(=O)C(O)CCCCCCCCCCCCCCCCCCCCCC. The van der Waals surface area contributed by atoms with E-state index < -0.39 is 24.2 Å². The molecule has 0 aromatic rings. The maximum atomic E-state index is 12.4. The number of amides is 1. The number of unbranched alkanes of at least 4 members (excludes halogenated alkanes) is 26. The average Bonchev–Trinajstić information content (AvgIpc) is 3.06. The predicted molar refractivity (Wildman–Crippen MR) is 199 cm³/mol. The highest BCUT2D eigenvalue weighted by molar-refractivity contribution is 5.80. The van der Waals surface area contributed by atoms with Crippen LogP contribution in [0, 0.1) is 0 Å². The lowest BCUT2D eigenvalue weighted by molar-refractivity contribution is -0.131. The molecule has 0 fully saturated rings. The van der Waals surface area contributed by atoms with Gasteiger partial charge >= 0.3 is 0 Å². The third-order valence-electron chi connectivity index (χ3n) is 9.29. The summed E-state index contributed by atoms with van der Waals surface area (Å²) in [6.45, 7) is 4.15. The van der Waals surface area contributed by atoms with Gasteiger partial charge in [-0.05, 0) is 32.1 Å². The highest BCUT2D eigenvalue weighted by atomic mass is 16.3. The Balaban J connectivity index is 3.67. The van der Waals surface area contributed by atoms with E-state index in [1.165, 1.54) is 148 Å². The van der Waals surface area contributed by atoms with Gasteiger partial charge in [-0.15, -0.1) is 0 Å². The summed E-state index contributed by atoms with van der Waals surface area (Å²) in [5, 5.41) is 33.0. The van der Waals surface area contributed by atoms with Crippen molar-refractivity contribution in [3.63, 3.8) is 0 Å². The molecule has 1 amide bonds. The topological polar surface area (TPSA) is 89.8 Å². The van der Waals surface area contributed by atoms with Crippen molar-refractivity contribution in [3.8, 4) is 0 Å². The number of hydrogen-bond donors (Lipinski definition) is 4. The Labute approximate surface area is 286 Å². The standard InChI is InChI=1S/C41H79NO4/c1-3-5-7-9-11-13-15-17-18-19-20-21-22-23-24-26-28-30-32-34-36-40(45)41(46)42-38(37-43)39(44)35-33-31-29-27-25-16-14-12-10-8-6-4-2/h25,27,33,35,38-40,43-45H,3-24,26,28-32,34,36-37H2,1-2H3,(H,42,46)/b27-25+,35-33+. The molecule has 0 aliphatic rings. The second-order valence-electron chi connectivity index (χ2n) is 13.8. The normalized spacial score (nSPS) is 13.9. The van der Waals surface area contributed by atoms with Crippen molar-refractivity contribution in [3.05, 3.63) is 24.3 Å². The average molecular weight is 650 g/mol. The molecule has 0 saturated carbocycles. The highest BCUT2D eigenvalue weighted by Gasteiger charge is 2.22. The summed E-state index contributed by atoms with van der Waals surface area (Å²) >= 11 is 0. The van der Waals surface area contributed by atoms with E-state index in [2.05, 4.69) is 31.3 Å². The Morgan fingerprint density at radius 3 is 1.33 bits per heavy atom. The Bertz CT molecular complexity index is 679. The molecule has 0 aromatic heterocycles. The monoisotopic (exact) mass is 650 g/mol.